The first kappa shape index (κ1) is 14.2. The molecule has 0 heterocycles. The zero-order valence-electron chi connectivity index (χ0n) is 9.72. The van der Waals surface area contributed by atoms with Crippen molar-refractivity contribution < 1.29 is 12.8 Å². The first-order chi connectivity index (χ1) is 8.48. The molecule has 0 bridgehead atoms. The summed E-state index contributed by atoms with van der Waals surface area (Å²) in [6.45, 7) is 1.63. The Kier molecular flexibility index (Phi) is 4.43. The minimum absolute atomic E-state index is 0.125. The van der Waals surface area contributed by atoms with Gasteiger partial charge in [0, 0.05) is 6.54 Å². The van der Waals surface area contributed by atoms with E-state index < -0.39 is 21.4 Å². The Bertz CT molecular complexity index is 626. The molecule has 0 unspecified atom stereocenters. The van der Waals surface area contributed by atoms with E-state index in [-0.39, 0.29) is 18.0 Å². The summed E-state index contributed by atoms with van der Waals surface area (Å²) in [6.07, 6.45) is 5.09. The molecule has 0 atom stereocenters. The van der Waals surface area contributed by atoms with Crippen LogP contribution in [0, 0.1) is 29.5 Å². The third-order valence-electron chi connectivity index (χ3n) is 2.33. The van der Waals surface area contributed by atoms with Gasteiger partial charge in [0.25, 0.3) is 0 Å². The minimum Gasteiger partial charge on any atom is -0.207 e. The Morgan fingerprint density at radius 2 is 2.17 bits per heavy atom. The van der Waals surface area contributed by atoms with E-state index >= 15 is 0 Å². The molecule has 0 fully saturated rings. The molecule has 0 amide bonds. The van der Waals surface area contributed by atoms with Crippen molar-refractivity contribution in [3.8, 4) is 18.4 Å². The SMILES string of the molecule is C#CCN(CC)S(=O)(=O)c1cccc(F)c1C#N. The fourth-order valence-electron chi connectivity index (χ4n) is 1.44. The molecule has 0 aromatic heterocycles. The van der Waals surface area contributed by atoms with Crippen LogP contribution in [0.3, 0.4) is 0 Å². The number of terminal acetylenes is 1. The molecule has 0 aliphatic heterocycles. The highest BCUT2D eigenvalue weighted by molar-refractivity contribution is 7.89. The average molecular weight is 266 g/mol. The molecule has 0 aliphatic carbocycles. The molecule has 0 spiro atoms. The Morgan fingerprint density at radius 1 is 1.50 bits per heavy atom. The monoisotopic (exact) mass is 266 g/mol. The van der Waals surface area contributed by atoms with Gasteiger partial charge in [-0.1, -0.05) is 18.9 Å². The molecule has 6 heteroatoms. The number of benzene rings is 1. The van der Waals surface area contributed by atoms with Crippen LogP contribution < -0.4 is 0 Å². The van der Waals surface area contributed by atoms with E-state index in [0.29, 0.717) is 0 Å². The molecule has 0 saturated heterocycles. The predicted molar refractivity (Wildman–Crippen MR) is 64.4 cm³/mol. The summed E-state index contributed by atoms with van der Waals surface area (Å²) in [5.74, 6) is 1.35. The zero-order chi connectivity index (χ0) is 13.8. The van der Waals surface area contributed by atoms with E-state index in [0.717, 1.165) is 10.4 Å². The number of hydrogen-bond donors (Lipinski definition) is 0. The van der Waals surface area contributed by atoms with Gasteiger partial charge in [0.05, 0.1) is 6.54 Å². The van der Waals surface area contributed by atoms with Crippen LogP contribution in [0.2, 0.25) is 0 Å². The lowest BCUT2D eigenvalue weighted by Crippen LogP contribution is -2.31. The van der Waals surface area contributed by atoms with Crippen LogP contribution in [0.1, 0.15) is 12.5 Å². The fraction of sp³-hybridized carbons (Fsp3) is 0.250. The van der Waals surface area contributed by atoms with Crippen molar-refractivity contribution in [2.75, 3.05) is 13.1 Å². The summed E-state index contributed by atoms with van der Waals surface area (Å²) < 4.78 is 38.8. The number of nitrogens with zero attached hydrogens (tertiary/aromatic N) is 2. The molecule has 0 aliphatic rings. The second kappa shape index (κ2) is 5.63. The van der Waals surface area contributed by atoms with Gasteiger partial charge in [-0.3, -0.25) is 0 Å². The first-order valence-corrected chi connectivity index (χ1v) is 6.55. The molecule has 0 saturated carbocycles. The van der Waals surface area contributed by atoms with Gasteiger partial charge in [-0.15, -0.1) is 6.42 Å². The van der Waals surface area contributed by atoms with Crippen molar-refractivity contribution in [2.45, 2.75) is 11.8 Å². The number of hydrogen-bond acceptors (Lipinski definition) is 3. The van der Waals surface area contributed by atoms with E-state index in [1.165, 1.54) is 12.1 Å². The predicted octanol–water partition coefficient (Wildman–Crippen LogP) is 1.34. The van der Waals surface area contributed by atoms with Crippen LogP contribution in [0.5, 0.6) is 0 Å². The first-order valence-electron chi connectivity index (χ1n) is 5.11. The lowest BCUT2D eigenvalue weighted by Gasteiger charge is -2.18. The lowest BCUT2D eigenvalue weighted by atomic mass is 10.2. The van der Waals surface area contributed by atoms with Crippen molar-refractivity contribution >= 4 is 10.0 Å². The smallest absolute Gasteiger partial charge is 0.207 e. The summed E-state index contributed by atoms with van der Waals surface area (Å²) in [7, 11) is -3.95. The van der Waals surface area contributed by atoms with Crippen molar-refractivity contribution in [2.24, 2.45) is 0 Å². The maximum atomic E-state index is 13.4. The third kappa shape index (κ3) is 2.51. The normalized spacial score (nSPS) is 10.9. The van der Waals surface area contributed by atoms with Gasteiger partial charge in [-0.05, 0) is 12.1 Å². The van der Waals surface area contributed by atoms with E-state index in [2.05, 4.69) is 5.92 Å². The van der Waals surface area contributed by atoms with Gasteiger partial charge >= 0.3 is 0 Å². The van der Waals surface area contributed by atoms with E-state index in [1.807, 2.05) is 0 Å². The van der Waals surface area contributed by atoms with Crippen molar-refractivity contribution in [3.63, 3.8) is 0 Å². The number of sulfonamides is 1. The van der Waals surface area contributed by atoms with Gasteiger partial charge in [0.2, 0.25) is 10.0 Å². The second-order valence-corrected chi connectivity index (χ2v) is 5.27. The van der Waals surface area contributed by atoms with Crippen LogP contribution in [-0.2, 0) is 10.0 Å². The maximum Gasteiger partial charge on any atom is 0.245 e. The van der Waals surface area contributed by atoms with Crippen molar-refractivity contribution in [1.82, 2.24) is 4.31 Å². The summed E-state index contributed by atoms with van der Waals surface area (Å²) in [6, 6.07) is 5.03. The number of rotatable bonds is 4. The van der Waals surface area contributed by atoms with Crippen molar-refractivity contribution in [1.29, 1.82) is 5.26 Å². The molecule has 0 radical (unpaired) electrons. The lowest BCUT2D eigenvalue weighted by molar-refractivity contribution is 0.463. The van der Waals surface area contributed by atoms with Crippen molar-refractivity contribution in [3.05, 3.63) is 29.6 Å². The Labute approximate surface area is 106 Å². The Morgan fingerprint density at radius 3 is 2.67 bits per heavy atom. The molecule has 1 aromatic rings. The third-order valence-corrected chi connectivity index (χ3v) is 4.29. The molecule has 94 valence electrons. The van der Waals surface area contributed by atoms with Crippen LogP contribution in [0.15, 0.2) is 23.1 Å². The molecule has 18 heavy (non-hydrogen) atoms. The van der Waals surface area contributed by atoms with Crippen LogP contribution in [0.4, 0.5) is 4.39 Å². The largest absolute Gasteiger partial charge is 0.245 e. The second-order valence-electron chi connectivity index (χ2n) is 3.36. The molecule has 4 nitrogen and oxygen atoms in total. The van der Waals surface area contributed by atoms with Crippen LogP contribution >= 0.6 is 0 Å². The van der Waals surface area contributed by atoms with Gasteiger partial charge in [-0.25, -0.2) is 12.8 Å². The molecular weight excluding hydrogens is 255 g/mol. The molecule has 1 aromatic carbocycles. The number of nitriles is 1. The zero-order valence-corrected chi connectivity index (χ0v) is 10.5. The van der Waals surface area contributed by atoms with E-state index in [9.17, 15) is 12.8 Å². The van der Waals surface area contributed by atoms with Gasteiger partial charge in [0.1, 0.15) is 22.3 Å². The maximum absolute atomic E-state index is 13.4. The standard InChI is InChI=1S/C12H11FN2O2S/c1-3-8-15(4-2)18(16,17)12-7-5-6-11(13)10(12)9-14/h1,5-7H,4,8H2,2H3. The fourth-order valence-corrected chi connectivity index (χ4v) is 2.95. The quantitative estimate of drug-likeness (QED) is 0.773. The summed E-state index contributed by atoms with van der Waals surface area (Å²) in [5.41, 5.74) is -0.493. The highest BCUT2D eigenvalue weighted by Crippen LogP contribution is 2.21. The van der Waals surface area contributed by atoms with E-state index in [4.69, 9.17) is 11.7 Å². The van der Waals surface area contributed by atoms with Gasteiger partial charge < -0.3 is 0 Å². The molecule has 1 rings (SSSR count). The molecule has 0 N–H and O–H groups in total. The van der Waals surface area contributed by atoms with Crippen LogP contribution in [0.25, 0.3) is 0 Å². The van der Waals surface area contributed by atoms with Gasteiger partial charge in [0.15, 0.2) is 0 Å². The average Bonchev–Trinajstić information content (AvgIpc) is 2.35. The Balaban J connectivity index is 3.43. The molecular formula is C12H11FN2O2S. The summed E-state index contributed by atoms with van der Waals surface area (Å²) >= 11 is 0. The Hall–Kier alpha value is -1.89. The summed E-state index contributed by atoms with van der Waals surface area (Å²) in [5, 5.41) is 8.83. The number of halogens is 1. The van der Waals surface area contributed by atoms with E-state index in [1.54, 1.807) is 13.0 Å². The highest BCUT2D eigenvalue weighted by Gasteiger charge is 2.26. The topological polar surface area (TPSA) is 61.2 Å². The highest BCUT2D eigenvalue weighted by atomic mass is 32.2. The summed E-state index contributed by atoms with van der Waals surface area (Å²) in [4.78, 5) is -0.359. The van der Waals surface area contributed by atoms with Crippen LogP contribution in [-0.4, -0.2) is 25.8 Å². The van der Waals surface area contributed by atoms with Gasteiger partial charge in [-0.2, -0.15) is 9.57 Å². The minimum atomic E-state index is -3.95.